The van der Waals surface area contributed by atoms with Crippen molar-refractivity contribution in [3.8, 4) is 0 Å². The van der Waals surface area contributed by atoms with Crippen LogP contribution in [0.3, 0.4) is 0 Å². The fourth-order valence-electron chi connectivity index (χ4n) is 1.41. The van der Waals surface area contributed by atoms with Gasteiger partial charge in [-0.1, -0.05) is 6.07 Å². The quantitative estimate of drug-likeness (QED) is 0.717. The van der Waals surface area contributed by atoms with Gasteiger partial charge in [0, 0.05) is 12.6 Å². The first-order valence-electron chi connectivity index (χ1n) is 5.52. The minimum atomic E-state index is -0.841. The maximum absolute atomic E-state index is 13.0. The van der Waals surface area contributed by atoms with Crippen LogP contribution in [0.25, 0.3) is 0 Å². The fraction of sp³-hybridized carbons (Fsp3) is 0.500. The molecule has 0 aliphatic rings. The molecule has 0 spiro atoms. The average Bonchev–Trinajstić information content (AvgIpc) is 2.32. The van der Waals surface area contributed by atoms with E-state index < -0.39 is 11.6 Å². The molecule has 0 heterocycles. The first kappa shape index (κ1) is 14.0. The number of aliphatic hydroxyl groups is 1. The number of nitrogens with one attached hydrogen (secondary N) is 1. The van der Waals surface area contributed by atoms with Crippen LogP contribution in [0.2, 0.25) is 0 Å². The Balaban J connectivity index is 2.36. The van der Waals surface area contributed by atoms with E-state index in [2.05, 4.69) is 5.32 Å². The van der Waals surface area contributed by atoms with E-state index in [9.17, 15) is 8.78 Å². The van der Waals surface area contributed by atoms with Crippen LogP contribution in [0.1, 0.15) is 18.5 Å². The van der Waals surface area contributed by atoms with Crippen molar-refractivity contribution in [1.82, 2.24) is 5.32 Å². The van der Waals surface area contributed by atoms with Crippen LogP contribution in [0, 0.1) is 11.6 Å². The Morgan fingerprint density at radius 1 is 1.29 bits per heavy atom. The van der Waals surface area contributed by atoms with E-state index >= 15 is 0 Å². The number of benzene rings is 1. The third-order valence-corrected chi connectivity index (χ3v) is 2.38. The lowest BCUT2D eigenvalue weighted by molar-refractivity contribution is 0.0928. The Bertz CT molecular complexity index is 347. The van der Waals surface area contributed by atoms with Gasteiger partial charge in [-0.25, -0.2) is 8.78 Å². The number of hydrogen-bond acceptors (Lipinski definition) is 3. The number of aliphatic hydroxyl groups excluding tert-OH is 1. The van der Waals surface area contributed by atoms with Crippen LogP contribution in [0.4, 0.5) is 8.78 Å². The lowest BCUT2D eigenvalue weighted by Gasteiger charge is -2.14. The van der Waals surface area contributed by atoms with Crippen molar-refractivity contribution >= 4 is 0 Å². The normalized spacial score (nSPS) is 12.7. The molecule has 0 fully saturated rings. The Hall–Kier alpha value is -1.04. The second kappa shape index (κ2) is 7.32. The van der Waals surface area contributed by atoms with E-state index in [1.165, 1.54) is 6.07 Å². The van der Waals surface area contributed by atoms with Crippen LogP contribution < -0.4 is 5.32 Å². The first-order chi connectivity index (χ1) is 8.15. The predicted molar refractivity (Wildman–Crippen MR) is 60.7 cm³/mol. The summed E-state index contributed by atoms with van der Waals surface area (Å²) in [6, 6.07) is 3.76. The number of hydrogen-bond donors (Lipinski definition) is 2. The zero-order chi connectivity index (χ0) is 12.7. The van der Waals surface area contributed by atoms with Gasteiger partial charge in [0.2, 0.25) is 0 Å². The van der Waals surface area contributed by atoms with Gasteiger partial charge in [0.15, 0.2) is 11.6 Å². The van der Waals surface area contributed by atoms with Crippen LogP contribution >= 0.6 is 0 Å². The zero-order valence-electron chi connectivity index (χ0n) is 9.75. The van der Waals surface area contributed by atoms with E-state index in [-0.39, 0.29) is 12.6 Å². The molecule has 0 aliphatic carbocycles. The molecule has 0 aromatic heterocycles. The molecule has 0 radical (unpaired) electrons. The summed E-state index contributed by atoms with van der Waals surface area (Å²) >= 11 is 0. The van der Waals surface area contributed by atoms with Gasteiger partial charge >= 0.3 is 0 Å². The molecule has 1 atom stereocenters. The van der Waals surface area contributed by atoms with Gasteiger partial charge in [-0.2, -0.15) is 0 Å². The van der Waals surface area contributed by atoms with E-state index in [1.54, 1.807) is 6.07 Å². The molecule has 1 aromatic carbocycles. The summed E-state index contributed by atoms with van der Waals surface area (Å²) < 4.78 is 30.8. The van der Waals surface area contributed by atoms with Gasteiger partial charge in [0.1, 0.15) is 0 Å². The van der Waals surface area contributed by atoms with Gasteiger partial charge < -0.3 is 15.2 Å². The van der Waals surface area contributed by atoms with Gasteiger partial charge in [-0.3, -0.25) is 0 Å². The van der Waals surface area contributed by atoms with E-state index in [4.69, 9.17) is 9.84 Å². The molecule has 0 amide bonds. The van der Waals surface area contributed by atoms with Crippen LogP contribution in [0.15, 0.2) is 18.2 Å². The van der Waals surface area contributed by atoms with Crippen molar-refractivity contribution < 1.29 is 18.6 Å². The van der Waals surface area contributed by atoms with Gasteiger partial charge in [-0.05, 0) is 24.6 Å². The lowest BCUT2D eigenvalue weighted by Crippen LogP contribution is -2.23. The van der Waals surface area contributed by atoms with Crippen LogP contribution in [-0.4, -0.2) is 31.5 Å². The van der Waals surface area contributed by atoms with E-state index in [0.29, 0.717) is 25.3 Å². The SMILES string of the molecule is CC(NCCOCCO)c1ccc(F)c(F)c1. The molecule has 2 N–H and O–H groups in total. The number of ether oxygens (including phenoxy) is 1. The smallest absolute Gasteiger partial charge is 0.159 e. The summed E-state index contributed by atoms with van der Waals surface area (Å²) in [7, 11) is 0. The highest BCUT2D eigenvalue weighted by molar-refractivity contribution is 5.20. The summed E-state index contributed by atoms with van der Waals surface area (Å²) in [5.41, 5.74) is 0.686. The molecule has 96 valence electrons. The highest BCUT2D eigenvalue weighted by atomic mass is 19.2. The summed E-state index contributed by atoms with van der Waals surface area (Å²) in [6.45, 7) is 3.22. The highest BCUT2D eigenvalue weighted by Gasteiger charge is 2.08. The second-order valence-corrected chi connectivity index (χ2v) is 3.69. The molecule has 0 saturated heterocycles. The average molecular weight is 245 g/mol. The summed E-state index contributed by atoms with van der Waals surface area (Å²) in [5.74, 6) is -1.68. The molecule has 17 heavy (non-hydrogen) atoms. The van der Waals surface area contributed by atoms with Crippen LogP contribution in [0.5, 0.6) is 0 Å². The highest BCUT2D eigenvalue weighted by Crippen LogP contribution is 2.15. The van der Waals surface area contributed by atoms with E-state index in [1.807, 2.05) is 6.92 Å². The maximum Gasteiger partial charge on any atom is 0.159 e. The van der Waals surface area contributed by atoms with Crippen molar-refractivity contribution in [1.29, 1.82) is 0 Å². The molecule has 1 aromatic rings. The Morgan fingerprint density at radius 2 is 2.06 bits per heavy atom. The fourth-order valence-corrected chi connectivity index (χ4v) is 1.41. The summed E-state index contributed by atoms with van der Waals surface area (Å²) in [6.07, 6.45) is 0. The third kappa shape index (κ3) is 4.77. The number of rotatable bonds is 7. The molecule has 0 saturated carbocycles. The molecule has 1 unspecified atom stereocenters. The largest absolute Gasteiger partial charge is 0.394 e. The van der Waals surface area contributed by atoms with Gasteiger partial charge in [-0.15, -0.1) is 0 Å². The summed E-state index contributed by atoms with van der Waals surface area (Å²) in [5, 5.41) is 11.6. The van der Waals surface area contributed by atoms with Crippen molar-refractivity contribution in [3.05, 3.63) is 35.4 Å². The zero-order valence-corrected chi connectivity index (χ0v) is 9.75. The minimum absolute atomic E-state index is 0.00126. The topological polar surface area (TPSA) is 41.5 Å². The summed E-state index contributed by atoms with van der Waals surface area (Å²) in [4.78, 5) is 0. The molecule has 0 bridgehead atoms. The van der Waals surface area contributed by atoms with Crippen molar-refractivity contribution in [2.75, 3.05) is 26.4 Å². The first-order valence-corrected chi connectivity index (χ1v) is 5.52. The predicted octanol–water partition coefficient (Wildman–Crippen LogP) is 1.62. The lowest BCUT2D eigenvalue weighted by atomic mass is 10.1. The Labute approximate surface area is 99.4 Å². The van der Waals surface area contributed by atoms with Gasteiger partial charge in [0.05, 0.1) is 19.8 Å². The number of halogens is 2. The standard InChI is InChI=1S/C12H17F2NO2/c1-9(15-4-6-17-7-5-16)10-2-3-11(13)12(14)8-10/h2-3,8-9,15-16H,4-7H2,1H3. The minimum Gasteiger partial charge on any atom is -0.394 e. The maximum atomic E-state index is 13.0. The van der Waals surface area contributed by atoms with Gasteiger partial charge in [0.25, 0.3) is 0 Å². The Morgan fingerprint density at radius 3 is 2.71 bits per heavy atom. The van der Waals surface area contributed by atoms with Crippen molar-refractivity contribution in [2.45, 2.75) is 13.0 Å². The van der Waals surface area contributed by atoms with Crippen LogP contribution in [-0.2, 0) is 4.74 Å². The molecule has 3 nitrogen and oxygen atoms in total. The van der Waals surface area contributed by atoms with E-state index in [0.717, 1.165) is 6.07 Å². The van der Waals surface area contributed by atoms with Crippen molar-refractivity contribution in [3.63, 3.8) is 0 Å². The molecule has 0 aliphatic heterocycles. The molecule has 1 rings (SSSR count). The third-order valence-electron chi connectivity index (χ3n) is 2.38. The van der Waals surface area contributed by atoms with Crippen molar-refractivity contribution in [2.24, 2.45) is 0 Å². The Kier molecular flexibility index (Phi) is 6.04. The monoisotopic (exact) mass is 245 g/mol. The molecular weight excluding hydrogens is 228 g/mol. The molecule has 5 heteroatoms. The molecular formula is C12H17F2NO2. The second-order valence-electron chi connectivity index (χ2n) is 3.69.